The average Bonchev–Trinajstić information content (AvgIpc) is 3.26. The standard InChI is InChI=1S/C20H24N4O2.C2H6/c1-3-5-16(14-25)12-15(2)18-9-10-21-20-8-7-19(23-24(18)20)22-13-17-6-4-11-26-17;1-2/h3-9,11-12,15,25H,10,13-14H2,1-2H3,(H,22,23);1-2H3/b5-3-,16-12+;. The number of furan rings is 1. The SMILES string of the molecule is C/C=C\C(=C/C(C)C1=CCN=C2C=CC(=NCc3ccco3)NN12)CO.CC. The lowest BCUT2D eigenvalue weighted by molar-refractivity contribution is 0.333. The van der Waals surface area contributed by atoms with Gasteiger partial charge in [-0.3, -0.25) is 15.4 Å². The van der Waals surface area contributed by atoms with E-state index in [1.165, 1.54) is 0 Å². The van der Waals surface area contributed by atoms with Gasteiger partial charge < -0.3 is 9.52 Å². The second-order valence-corrected chi connectivity index (χ2v) is 6.08. The molecule has 2 aliphatic heterocycles. The van der Waals surface area contributed by atoms with Gasteiger partial charge in [0.1, 0.15) is 17.4 Å². The molecule has 3 heterocycles. The Labute approximate surface area is 167 Å². The van der Waals surface area contributed by atoms with Crippen LogP contribution >= 0.6 is 0 Å². The third-order valence-electron chi connectivity index (χ3n) is 4.14. The molecule has 0 radical (unpaired) electrons. The van der Waals surface area contributed by atoms with Gasteiger partial charge in [-0.25, -0.2) is 5.01 Å². The number of hydrogen-bond donors (Lipinski definition) is 2. The van der Waals surface area contributed by atoms with E-state index in [9.17, 15) is 5.11 Å². The van der Waals surface area contributed by atoms with E-state index in [1.54, 1.807) is 6.26 Å². The van der Waals surface area contributed by atoms with Crippen LogP contribution in [0.3, 0.4) is 0 Å². The zero-order chi connectivity index (χ0) is 20.4. The number of nitrogens with one attached hydrogen (secondary N) is 1. The van der Waals surface area contributed by atoms with Crippen molar-refractivity contribution in [2.75, 3.05) is 13.2 Å². The first kappa shape index (κ1) is 21.4. The molecule has 0 saturated heterocycles. The summed E-state index contributed by atoms with van der Waals surface area (Å²) in [6.07, 6.45) is 13.5. The Kier molecular flexibility index (Phi) is 8.49. The molecule has 1 aromatic rings. The van der Waals surface area contributed by atoms with Crippen molar-refractivity contribution in [3.8, 4) is 0 Å². The predicted octanol–water partition coefficient (Wildman–Crippen LogP) is 4.01. The highest BCUT2D eigenvalue weighted by molar-refractivity contribution is 6.07. The van der Waals surface area contributed by atoms with Gasteiger partial charge in [0.2, 0.25) is 0 Å². The highest BCUT2D eigenvalue weighted by atomic mass is 16.3. The summed E-state index contributed by atoms with van der Waals surface area (Å²) in [6.45, 7) is 9.18. The van der Waals surface area contributed by atoms with Crippen LogP contribution in [-0.2, 0) is 6.54 Å². The van der Waals surface area contributed by atoms with Crippen LogP contribution in [0.5, 0.6) is 0 Å². The van der Waals surface area contributed by atoms with Gasteiger partial charge >= 0.3 is 0 Å². The Morgan fingerprint density at radius 3 is 2.93 bits per heavy atom. The van der Waals surface area contributed by atoms with Crippen LogP contribution in [0.1, 0.15) is 33.5 Å². The summed E-state index contributed by atoms with van der Waals surface area (Å²) in [7, 11) is 0. The molecule has 0 aliphatic carbocycles. The smallest absolute Gasteiger partial charge is 0.147 e. The molecular weight excluding hydrogens is 352 g/mol. The van der Waals surface area contributed by atoms with Crippen LogP contribution in [0.25, 0.3) is 0 Å². The molecule has 0 bridgehead atoms. The molecule has 3 rings (SSSR count). The van der Waals surface area contributed by atoms with Crippen LogP contribution in [0.15, 0.2) is 80.5 Å². The molecule has 0 spiro atoms. The molecule has 28 heavy (non-hydrogen) atoms. The van der Waals surface area contributed by atoms with Crippen molar-refractivity contribution in [2.24, 2.45) is 15.9 Å². The number of hydrogen-bond acceptors (Lipinski definition) is 5. The lowest BCUT2D eigenvalue weighted by Crippen LogP contribution is -2.49. The van der Waals surface area contributed by atoms with Crippen molar-refractivity contribution in [1.29, 1.82) is 0 Å². The topological polar surface area (TPSA) is 73.4 Å². The van der Waals surface area contributed by atoms with E-state index in [2.05, 4.69) is 34.5 Å². The van der Waals surface area contributed by atoms with Gasteiger partial charge in [-0.1, -0.05) is 39.0 Å². The van der Waals surface area contributed by atoms with E-state index in [0.717, 1.165) is 28.7 Å². The Hall–Kier alpha value is -2.86. The Morgan fingerprint density at radius 1 is 1.43 bits per heavy atom. The van der Waals surface area contributed by atoms with Crippen molar-refractivity contribution >= 4 is 11.7 Å². The summed E-state index contributed by atoms with van der Waals surface area (Å²) in [5, 5.41) is 11.5. The second kappa shape index (κ2) is 11.1. The lowest BCUT2D eigenvalue weighted by Gasteiger charge is -2.35. The molecular formula is C22H30N4O2. The maximum Gasteiger partial charge on any atom is 0.147 e. The molecule has 0 saturated carbocycles. The minimum absolute atomic E-state index is 0.0199. The maximum absolute atomic E-state index is 9.51. The van der Waals surface area contributed by atoms with E-state index in [0.29, 0.717) is 13.1 Å². The monoisotopic (exact) mass is 382 g/mol. The molecule has 1 aromatic heterocycles. The van der Waals surface area contributed by atoms with E-state index in [4.69, 9.17) is 4.42 Å². The summed E-state index contributed by atoms with van der Waals surface area (Å²) >= 11 is 0. The fourth-order valence-electron chi connectivity index (χ4n) is 2.91. The molecule has 6 nitrogen and oxygen atoms in total. The highest BCUT2D eigenvalue weighted by Gasteiger charge is 2.24. The van der Waals surface area contributed by atoms with Crippen LogP contribution in [0.2, 0.25) is 0 Å². The number of nitrogens with zero attached hydrogens (tertiary/aromatic N) is 3. The largest absolute Gasteiger partial charge is 0.467 e. The van der Waals surface area contributed by atoms with E-state index in [-0.39, 0.29) is 12.5 Å². The number of amidine groups is 2. The van der Waals surface area contributed by atoms with E-state index >= 15 is 0 Å². The number of hydrazine groups is 1. The summed E-state index contributed by atoms with van der Waals surface area (Å²) in [5.41, 5.74) is 5.29. The highest BCUT2D eigenvalue weighted by Crippen LogP contribution is 2.22. The Morgan fingerprint density at radius 2 is 2.25 bits per heavy atom. The molecule has 1 unspecified atom stereocenters. The molecule has 0 aromatic carbocycles. The molecule has 2 N–H and O–H groups in total. The van der Waals surface area contributed by atoms with Gasteiger partial charge in [-0.05, 0) is 42.9 Å². The first-order valence-corrected chi connectivity index (χ1v) is 9.71. The summed E-state index contributed by atoms with van der Waals surface area (Å²) in [4.78, 5) is 9.08. The van der Waals surface area contributed by atoms with Crippen molar-refractivity contribution < 1.29 is 9.52 Å². The van der Waals surface area contributed by atoms with E-state index in [1.807, 2.05) is 62.2 Å². The van der Waals surface area contributed by atoms with Crippen LogP contribution in [0.4, 0.5) is 0 Å². The first-order chi connectivity index (χ1) is 13.7. The fourth-order valence-corrected chi connectivity index (χ4v) is 2.91. The van der Waals surface area contributed by atoms with Crippen molar-refractivity contribution in [3.05, 3.63) is 71.9 Å². The molecule has 0 amide bonds. The quantitative estimate of drug-likeness (QED) is 0.729. The van der Waals surface area contributed by atoms with Crippen molar-refractivity contribution in [3.63, 3.8) is 0 Å². The number of aliphatic hydroxyl groups excluding tert-OH is 1. The van der Waals surface area contributed by atoms with Crippen LogP contribution < -0.4 is 5.43 Å². The van der Waals surface area contributed by atoms with Gasteiger partial charge in [0.25, 0.3) is 0 Å². The van der Waals surface area contributed by atoms with Gasteiger partial charge in [0.05, 0.1) is 26.0 Å². The van der Waals surface area contributed by atoms with Gasteiger partial charge in [0, 0.05) is 11.6 Å². The zero-order valence-electron chi connectivity index (χ0n) is 17.1. The van der Waals surface area contributed by atoms with Gasteiger partial charge in [0.15, 0.2) is 0 Å². The van der Waals surface area contributed by atoms with Crippen LogP contribution in [-0.4, -0.2) is 34.9 Å². The maximum atomic E-state index is 9.51. The van der Waals surface area contributed by atoms with Crippen molar-refractivity contribution in [2.45, 2.75) is 34.2 Å². The van der Waals surface area contributed by atoms with Crippen molar-refractivity contribution in [1.82, 2.24) is 10.4 Å². The minimum Gasteiger partial charge on any atom is -0.467 e. The Balaban J connectivity index is 0.00000136. The third kappa shape index (κ3) is 5.57. The number of rotatable bonds is 6. The normalized spacial score (nSPS) is 18.8. The fraction of sp³-hybridized carbons (Fsp3) is 0.364. The predicted molar refractivity (Wildman–Crippen MR) is 115 cm³/mol. The second-order valence-electron chi connectivity index (χ2n) is 6.08. The van der Waals surface area contributed by atoms with Crippen LogP contribution in [0, 0.1) is 5.92 Å². The van der Waals surface area contributed by atoms with E-state index < -0.39 is 0 Å². The molecule has 150 valence electrons. The number of fused-ring (bicyclic) bond motifs is 1. The molecule has 1 atom stereocenters. The number of allylic oxidation sites excluding steroid dienone is 2. The van der Waals surface area contributed by atoms with Gasteiger partial charge in [-0.15, -0.1) is 0 Å². The van der Waals surface area contributed by atoms with Gasteiger partial charge in [-0.2, -0.15) is 0 Å². The molecule has 0 fully saturated rings. The number of aliphatic hydroxyl groups is 1. The Bertz CT molecular complexity index is 799. The average molecular weight is 383 g/mol. The summed E-state index contributed by atoms with van der Waals surface area (Å²) in [6, 6.07) is 3.76. The third-order valence-corrected chi connectivity index (χ3v) is 4.14. The summed E-state index contributed by atoms with van der Waals surface area (Å²) in [5.74, 6) is 2.54. The first-order valence-electron chi connectivity index (χ1n) is 9.71. The summed E-state index contributed by atoms with van der Waals surface area (Å²) < 4.78 is 5.32. The molecule has 6 heteroatoms. The zero-order valence-corrected chi connectivity index (χ0v) is 17.1. The number of aliphatic imine (C=N–C) groups is 2. The minimum atomic E-state index is 0.0199. The lowest BCUT2D eigenvalue weighted by atomic mass is 10.0. The molecule has 2 aliphatic rings.